The van der Waals surface area contributed by atoms with Gasteiger partial charge in [-0.25, -0.2) is 4.39 Å². The van der Waals surface area contributed by atoms with Gasteiger partial charge in [0.05, 0.1) is 12.8 Å². The molecule has 0 saturated carbocycles. The van der Waals surface area contributed by atoms with Crippen LogP contribution < -0.4 is 0 Å². The summed E-state index contributed by atoms with van der Waals surface area (Å²) < 4.78 is 49.4. The second kappa shape index (κ2) is 5.16. The molecule has 2 nitrogen and oxygen atoms in total. The van der Waals surface area contributed by atoms with Gasteiger partial charge in [-0.3, -0.25) is 4.79 Å². The van der Waals surface area contributed by atoms with Gasteiger partial charge in [-0.2, -0.15) is 13.2 Å². The number of halogens is 4. The quantitative estimate of drug-likeness (QED) is 0.832. The van der Waals surface area contributed by atoms with Gasteiger partial charge in [0.2, 0.25) is 0 Å². The SMILES string of the molecule is O=C(O)CC(CC(F)(F)F)c1ccc(F)cc1. The molecule has 17 heavy (non-hydrogen) atoms. The number of carboxylic acids is 1. The first kappa shape index (κ1) is 13.5. The van der Waals surface area contributed by atoms with Crippen LogP contribution in [0.5, 0.6) is 0 Å². The second-order valence-electron chi connectivity index (χ2n) is 3.67. The number of hydrogen-bond acceptors (Lipinski definition) is 1. The average molecular weight is 250 g/mol. The van der Waals surface area contributed by atoms with Crippen LogP contribution in [0.4, 0.5) is 17.6 Å². The molecule has 94 valence electrons. The summed E-state index contributed by atoms with van der Waals surface area (Å²) in [6.07, 6.45) is -6.31. The molecule has 0 heterocycles. The molecule has 0 aromatic heterocycles. The highest BCUT2D eigenvalue weighted by Gasteiger charge is 2.33. The maximum Gasteiger partial charge on any atom is 0.389 e. The Labute approximate surface area is 94.9 Å². The van der Waals surface area contributed by atoms with Crippen LogP contribution in [0.3, 0.4) is 0 Å². The van der Waals surface area contributed by atoms with Crippen molar-refractivity contribution in [2.75, 3.05) is 0 Å². The third-order valence-corrected chi connectivity index (χ3v) is 2.24. The van der Waals surface area contributed by atoms with Gasteiger partial charge in [0.15, 0.2) is 0 Å². The van der Waals surface area contributed by atoms with Gasteiger partial charge in [-0.1, -0.05) is 12.1 Å². The van der Waals surface area contributed by atoms with E-state index in [0.29, 0.717) is 0 Å². The number of alkyl halides is 3. The van der Waals surface area contributed by atoms with Crippen LogP contribution in [0.1, 0.15) is 24.3 Å². The van der Waals surface area contributed by atoms with E-state index in [0.717, 1.165) is 12.1 Å². The monoisotopic (exact) mass is 250 g/mol. The van der Waals surface area contributed by atoms with Crippen LogP contribution in [-0.2, 0) is 4.79 Å². The van der Waals surface area contributed by atoms with E-state index in [1.165, 1.54) is 12.1 Å². The van der Waals surface area contributed by atoms with Gasteiger partial charge < -0.3 is 5.11 Å². The Morgan fingerprint density at radius 2 is 1.76 bits per heavy atom. The van der Waals surface area contributed by atoms with Crippen molar-refractivity contribution in [1.29, 1.82) is 0 Å². The van der Waals surface area contributed by atoms with Crippen molar-refractivity contribution in [3.05, 3.63) is 35.6 Å². The van der Waals surface area contributed by atoms with E-state index in [1.807, 2.05) is 0 Å². The van der Waals surface area contributed by atoms with Crippen molar-refractivity contribution in [2.24, 2.45) is 0 Å². The normalized spacial score (nSPS) is 13.4. The number of rotatable bonds is 4. The molecule has 0 radical (unpaired) electrons. The standard InChI is InChI=1S/C11H10F4O2/c12-9-3-1-7(2-4-9)8(5-10(16)17)6-11(13,14)15/h1-4,8H,5-6H2,(H,16,17). The lowest BCUT2D eigenvalue weighted by molar-refractivity contribution is -0.145. The molecule has 1 aromatic carbocycles. The number of carboxylic acid groups (broad SMARTS) is 1. The Bertz CT molecular complexity index is 383. The Balaban J connectivity index is 2.89. The fourth-order valence-electron chi connectivity index (χ4n) is 1.53. The third kappa shape index (κ3) is 4.84. The van der Waals surface area contributed by atoms with E-state index < -0.39 is 36.7 Å². The third-order valence-electron chi connectivity index (χ3n) is 2.24. The molecule has 1 atom stereocenters. The Morgan fingerprint density at radius 3 is 2.18 bits per heavy atom. The molecule has 1 rings (SSSR count). The highest BCUT2D eigenvalue weighted by atomic mass is 19.4. The lowest BCUT2D eigenvalue weighted by Crippen LogP contribution is -2.16. The molecule has 1 N–H and O–H groups in total. The van der Waals surface area contributed by atoms with Gasteiger partial charge in [-0.05, 0) is 17.7 Å². The molecule has 0 saturated heterocycles. The van der Waals surface area contributed by atoms with Crippen LogP contribution in [-0.4, -0.2) is 17.3 Å². The molecule has 1 aromatic rings. The lowest BCUT2D eigenvalue weighted by Gasteiger charge is -2.17. The summed E-state index contributed by atoms with van der Waals surface area (Å²) in [5.41, 5.74) is 0.172. The summed E-state index contributed by atoms with van der Waals surface area (Å²) in [5.74, 6) is -3.08. The molecule has 0 amide bonds. The van der Waals surface area contributed by atoms with Crippen molar-refractivity contribution >= 4 is 5.97 Å². The molecule has 0 aliphatic heterocycles. The first-order valence-electron chi connectivity index (χ1n) is 4.82. The minimum absolute atomic E-state index is 0.172. The first-order chi connectivity index (χ1) is 7.78. The topological polar surface area (TPSA) is 37.3 Å². The average Bonchev–Trinajstić information content (AvgIpc) is 2.14. The maximum absolute atomic E-state index is 12.6. The zero-order chi connectivity index (χ0) is 13.1. The molecule has 0 aliphatic rings. The molecular weight excluding hydrogens is 240 g/mol. The minimum atomic E-state index is -4.45. The summed E-state index contributed by atoms with van der Waals surface area (Å²) in [5, 5.41) is 8.56. The minimum Gasteiger partial charge on any atom is -0.481 e. The lowest BCUT2D eigenvalue weighted by atomic mass is 9.92. The predicted molar refractivity (Wildman–Crippen MR) is 52.1 cm³/mol. The smallest absolute Gasteiger partial charge is 0.389 e. The number of hydrogen-bond donors (Lipinski definition) is 1. The largest absolute Gasteiger partial charge is 0.481 e. The summed E-state index contributed by atoms with van der Waals surface area (Å²) >= 11 is 0. The molecular formula is C11H10F4O2. The van der Waals surface area contributed by atoms with Crippen LogP contribution in [0.2, 0.25) is 0 Å². The Hall–Kier alpha value is -1.59. The molecule has 0 fully saturated rings. The highest BCUT2D eigenvalue weighted by Crippen LogP contribution is 2.33. The van der Waals surface area contributed by atoms with Crippen molar-refractivity contribution < 1.29 is 27.5 Å². The van der Waals surface area contributed by atoms with E-state index >= 15 is 0 Å². The molecule has 0 spiro atoms. The second-order valence-corrected chi connectivity index (χ2v) is 3.67. The van der Waals surface area contributed by atoms with E-state index in [4.69, 9.17) is 5.11 Å². The van der Waals surface area contributed by atoms with Crippen LogP contribution >= 0.6 is 0 Å². The Morgan fingerprint density at radius 1 is 1.24 bits per heavy atom. The zero-order valence-electron chi connectivity index (χ0n) is 8.67. The van der Waals surface area contributed by atoms with Crippen molar-refractivity contribution in [3.63, 3.8) is 0 Å². The number of benzene rings is 1. The summed E-state index contributed by atoms with van der Waals surface area (Å²) in [4.78, 5) is 10.5. The maximum atomic E-state index is 12.6. The van der Waals surface area contributed by atoms with Gasteiger partial charge in [-0.15, -0.1) is 0 Å². The van der Waals surface area contributed by atoms with Crippen molar-refractivity contribution in [2.45, 2.75) is 24.9 Å². The van der Waals surface area contributed by atoms with E-state index in [1.54, 1.807) is 0 Å². The number of aliphatic carboxylic acids is 1. The van der Waals surface area contributed by atoms with Crippen LogP contribution in [0.25, 0.3) is 0 Å². The van der Waals surface area contributed by atoms with Crippen molar-refractivity contribution in [1.82, 2.24) is 0 Å². The molecule has 0 aliphatic carbocycles. The van der Waals surface area contributed by atoms with Crippen LogP contribution in [0.15, 0.2) is 24.3 Å². The van der Waals surface area contributed by atoms with Gasteiger partial charge >= 0.3 is 12.1 Å². The van der Waals surface area contributed by atoms with Crippen molar-refractivity contribution in [3.8, 4) is 0 Å². The molecule has 1 unspecified atom stereocenters. The summed E-state index contributed by atoms with van der Waals surface area (Å²) in [6.45, 7) is 0. The fraction of sp³-hybridized carbons (Fsp3) is 0.364. The molecule has 0 bridgehead atoms. The highest BCUT2D eigenvalue weighted by molar-refractivity contribution is 5.68. The first-order valence-corrected chi connectivity index (χ1v) is 4.82. The summed E-state index contributed by atoms with van der Waals surface area (Å²) in [6, 6.07) is 4.38. The molecule has 6 heteroatoms. The van der Waals surface area contributed by atoms with Gasteiger partial charge in [0, 0.05) is 5.92 Å². The van der Waals surface area contributed by atoms with E-state index in [2.05, 4.69) is 0 Å². The zero-order valence-corrected chi connectivity index (χ0v) is 8.67. The Kier molecular flexibility index (Phi) is 4.09. The predicted octanol–water partition coefficient (Wildman–Crippen LogP) is 3.34. The van der Waals surface area contributed by atoms with E-state index in [9.17, 15) is 22.4 Å². The number of carbonyl (C=O) groups is 1. The van der Waals surface area contributed by atoms with Gasteiger partial charge in [0.25, 0.3) is 0 Å². The fourth-order valence-corrected chi connectivity index (χ4v) is 1.53. The van der Waals surface area contributed by atoms with Crippen LogP contribution in [0, 0.1) is 5.82 Å². The summed E-state index contributed by atoms with van der Waals surface area (Å²) in [7, 11) is 0. The van der Waals surface area contributed by atoms with Gasteiger partial charge in [0.1, 0.15) is 5.82 Å². The van der Waals surface area contributed by atoms with E-state index in [-0.39, 0.29) is 5.56 Å².